The summed E-state index contributed by atoms with van der Waals surface area (Å²) in [6.07, 6.45) is 0. The zero-order valence-electron chi connectivity index (χ0n) is 10.9. The largest absolute Gasteiger partial charge is 0.508 e. The third-order valence-electron chi connectivity index (χ3n) is 2.89. The van der Waals surface area contributed by atoms with Crippen LogP contribution in [0.25, 0.3) is 0 Å². The van der Waals surface area contributed by atoms with Gasteiger partial charge in [0.2, 0.25) is 0 Å². The summed E-state index contributed by atoms with van der Waals surface area (Å²) >= 11 is 0. The number of rotatable bonds is 3. The summed E-state index contributed by atoms with van der Waals surface area (Å²) in [6, 6.07) is 9.74. The van der Waals surface area contributed by atoms with Gasteiger partial charge < -0.3 is 15.1 Å². The Bertz CT molecular complexity index is 626. The van der Waals surface area contributed by atoms with Gasteiger partial charge in [-0.05, 0) is 29.8 Å². The number of amides is 1. The van der Waals surface area contributed by atoms with Crippen LogP contribution in [0, 0.1) is 5.82 Å². The zero-order chi connectivity index (χ0) is 14.7. The highest BCUT2D eigenvalue weighted by atomic mass is 19.1. The first-order valence-electron chi connectivity index (χ1n) is 5.99. The van der Waals surface area contributed by atoms with Crippen molar-refractivity contribution < 1.29 is 19.4 Å². The minimum Gasteiger partial charge on any atom is -0.508 e. The smallest absolute Gasteiger partial charge is 0.257 e. The van der Waals surface area contributed by atoms with Crippen LogP contribution in [0.2, 0.25) is 0 Å². The van der Waals surface area contributed by atoms with Gasteiger partial charge in [0.25, 0.3) is 5.91 Å². The van der Waals surface area contributed by atoms with Gasteiger partial charge in [-0.25, -0.2) is 4.39 Å². The Morgan fingerprint density at radius 3 is 2.40 bits per heavy atom. The summed E-state index contributed by atoms with van der Waals surface area (Å²) in [4.78, 5) is 13.5. The Morgan fingerprint density at radius 1 is 1.15 bits per heavy atom. The number of hydrogen-bond donors (Lipinski definition) is 2. The average Bonchev–Trinajstić information content (AvgIpc) is 2.40. The summed E-state index contributed by atoms with van der Waals surface area (Å²) in [5.41, 5.74) is 0.882. The molecule has 104 valence electrons. The standard InChI is InChI=1S/C15H14FNO3/c1-17(9-10-2-5-12(18)6-3-10)15(20)13-7-4-11(16)8-14(13)19/h2-8,18-19H,9H2,1H3. The summed E-state index contributed by atoms with van der Waals surface area (Å²) in [7, 11) is 1.58. The van der Waals surface area contributed by atoms with Crippen LogP contribution < -0.4 is 0 Å². The van der Waals surface area contributed by atoms with E-state index in [0.717, 1.165) is 17.7 Å². The Labute approximate surface area is 115 Å². The molecular weight excluding hydrogens is 261 g/mol. The Balaban J connectivity index is 2.14. The van der Waals surface area contributed by atoms with Crippen molar-refractivity contribution in [3.63, 3.8) is 0 Å². The van der Waals surface area contributed by atoms with E-state index in [1.165, 1.54) is 23.1 Å². The molecule has 0 saturated carbocycles. The molecule has 0 saturated heterocycles. The van der Waals surface area contributed by atoms with Crippen molar-refractivity contribution in [3.8, 4) is 11.5 Å². The predicted molar refractivity (Wildman–Crippen MR) is 72.0 cm³/mol. The Kier molecular flexibility index (Phi) is 3.89. The maximum atomic E-state index is 12.9. The quantitative estimate of drug-likeness (QED) is 0.904. The van der Waals surface area contributed by atoms with E-state index in [0.29, 0.717) is 6.54 Å². The zero-order valence-corrected chi connectivity index (χ0v) is 10.9. The normalized spacial score (nSPS) is 10.3. The third kappa shape index (κ3) is 3.06. The molecule has 4 nitrogen and oxygen atoms in total. The number of nitrogens with zero attached hydrogens (tertiary/aromatic N) is 1. The number of carbonyl (C=O) groups is 1. The number of halogens is 1. The van der Waals surface area contributed by atoms with Gasteiger partial charge in [0.05, 0.1) is 5.56 Å². The summed E-state index contributed by atoms with van der Waals surface area (Å²) in [5, 5.41) is 18.8. The van der Waals surface area contributed by atoms with Crippen LogP contribution in [0.3, 0.4) is 0 Å². The summed E-state index contributed by atoms with van der Waals surface area (Å²) in [6.45, 7) is 0.315. The predicted octanol–water partition coefficient (Wildman–Crippen LogP) is 2.51. The molecule has 0 bridgehead atoms. The monoisotopic (exact) mass is 275 g/mol. The molecule has 0 aliphatic heterocycles. The first-order valence-corrected chi connectivity index (χ1v) is 5.99. The highest BCUT2D eigenvalue weighted by Gasteiger charge is 2.16. The Hall–Kier alpha value is -2.56. The molecule has 0 atom stereocenters. The van der Waals surface area contributed by atoms with E-state index < -0.39 is 11.7 Å². The molecule has 20 heavy (non-hydrogen) atoms. The second kappa shape index (κ2) is 5.61. The summed E-state index contributed by atoms with van der Waals surface area (Å²) < 4.78 is 12.9. The first-order chi connectivity index (χ1) is 9.47. The molecule has 0 radical (unpaired) electrons. The number of hydrogen-bond acceptors (Lipinski definition) is 3. The second-order valence-corrected chi connectivity index (χ2v) is 4.49. The van der Waals surface area contributed by atoms with Gasteiger partial charge in [-0.1, -0.05) is 12.1 Å². The number of aromatic hydroxyl groups is 2. The van der Waals surface area contributed by atoms with E-state index in [1.807, 2.05) is 0 Å². The maximum absolute atomic E-state index is 12.9. The summed E-state index contributed by atoms with van der Waals surface area (Å²) in [5.74, 6) is -1.23. The SMILES string of the molecule is CN(Cc1ccc(O)cc1)C(=O)c1ccc(F)cc1O. The van der Waals surface area contributed by atoms with Crippen LogP contribution in [0.4, 0.5) is 4.39 Å². The number of phenols is 2. The molecule has 2 rings (SSSR count). The molecule has 2 N–H and O–H groups in total. The fourth-order valence-electron chi connectivity index (χ4n) is 1.84. The molecule has 0 aromatic heterocycles. The molecule has 0 spiro atoms. The van der Waals surface area contributed by atoms with E-state index >= 15 is 0 Å². The minimum absolute atomic E-state index is 0.0488. The van der Waals surface area contributed by atoms with Crippen molar-refractivity contribution >= 4 is 5.91 Å². The van der Waals surface area contributed by atoms with Crippen molar-refractivity contribution in [2.75, 3.05) is 7.05 Å². The lowest BCUT2D eigenvalue weighted by Crippen LogP contribution is -2.26. The molecule has 2 aromatic rings. The lowest BCUT2D eigenvalue weighted by atomic mass is 10.1. The molecule has 5 heteroatoms. The van der Waals surface area contributed by atoms with Crippen LogP contribution >= 0.6 is 0 Å². The molecule has 0 unspecified atom stereocenters. The molecule has 0 heterocycles. The van der Waals surface area contributed by atoms with Gasteiger partial charge in [-0.15, -0.1) is 0 Å². The van der Waals surface area contributed by atoms with Crippen molar-refractivity contribution in [2.45, 2.75) is 6.54 Å². The van der Waals surface area contributed by atoms with E-state index in [2.05, 4.69) is 0 Å². The van der Waals surface area contributed by atoms with Gasteiger partial charge >= 0.3 is 0 Å². The molecule has 0 fully saturated rings. The maximum Gasteiger partial charge on any atom is 0.257 e. The van der Waals surface area contributed by atoms with Crippen LogP contribution in [0.15, 0.2) is 42.5 Å². The second-order valence-electron chi connectivity index (χ2n) is 4.49. The van der Waals surface area contributed by atoms with Gasteiger partial charge in [0.15, 0.2) is 0 Å². The highest BCUT2D eigenvalue weighted by molar-refractivity contribution is 5.96. The highest BCUT2D eigenvalue weighted by Crippen LogP contribution is 2.20. The van der Waals surface area contributed by atoms with Gasteiger partial charge in [0.1, 0.15) is 17.3 Å². The number of phenolic OH excluding ortho intramolecular Hbond substituents is 2. The topological polar surface area (TPSA) is 60.8 Å². The number of benzene rings is 2. The first kappa shape index (κ1) is 13.9. The minimum atomic E-state index is -0.597. The lowest BCUT2D eigenvalue weighted by Gasteiger charge is -2.18. The van der Waals surface area contributed by atoms with Crippen LogP contribution in [-0.4, -0.2) is 28.1 Å². The van der Waals surface area contributed by atoms with E-state index in [-0.39, 0.29) is 17.1 Å². The van der Waals surface area contributed by atoms with Crippen molar-refractivity contribution in [3.05, 3.63) is 59.4 Å². The average molecular weight is 275 g/mol. The number of carbonyl (C=O) groups excluding carboxylic acids is 1. The fraction of sp³-hybridized carbons (Fsp3) is 0.133. The van der Waals surface area contributed by atoms with Gasteiger partial charge in [-0.3, -0.25) is 4.79 Å². The van der Waals surface area contributed by atoms with Gasteiger partial charge in [-0.2, -0.15) is 0 Å². The molecule has 2 aromatic carbocycles. The van der Waals surface area contributed by atoms with E-state index in [4.69, 9.17) is 0 Å². The Morgan fingerprint density at radius 2 is 1.80 bits per heavy atom. The van der Waals surface area contributed by atoms with Crippen LogP contribution in [-0.2, 0) is 6.54 Å². The third-order valence-corrected chi connectivity index (χ3v) is 2.89. The lowest BCUT2D eigenvalue weighted by molar-refractivity contribution is 0.0782. The van der Waals surface area contributed by atoms with Crippen molar-refractivity contribution in [1.29, 1.82) is 0 Å². The van der Waals surface area contributed by atoms with Crippen molar-refractivity contribution in [1.82, 2.24) is 4.90 Å². The molecular formula is C15H14FNO3. The van der Waals surface area contributed by atoms with Gasteiger partial charge in [0, 0.05) is 19.7 Å². The molecule has 0 aliphatic rings. The molecule has 0 aliphatic carbocycles. The fourth-order valence-corrected chi connectivity index (χ4v) is 1.84. The van der Waals surface area contributed by atoms with Crippen LogP contribution in [0.5, 0.6) is 11.5 Å². The van der Waals surface area contributed by atoms with Crippen molar-refractivity contribution in [2.24, 2.45) is 0 Å². The molecule has 1 amide bonds. The van der Waals surface area contributed by atoms with E-state index in [9.17, 15) is 19.4 Å². The van der Waals surface area contributed by atoms with Crippen LogP contribution in [0.1, 0.15) is 15.9 Å². The van der Waals surface area contributed by atoms with E-state index in [1.54, 1.807) is 19.2 Å².